The maximum absolute atomic E-state index is 12.9. The fourth-order valence-corrected chi connectivity index (χ4v) is 5.12. The smallest absolute Gasteiger partial charge is 0.310 e. The lowest BCUT2D eigenvalue weighted by Crippen LogP contribution is -2.10. The summed E-state index contributed by atoms with van der Waals surface area (Å²) in [6, 6.07) is 21.5. The number of pyridine rings is 1. The van der Waals surface area contributed by atoms with Crippen LogP contribution in [0.1, 0.15) is 12.5 Å². The van der Waals surface area contributed by atoms with Crippen LogP contribution < -0.4 is 5.56 Å². The van der Waals surface area contributed by atoms with Crippen LogP contribution in [0.3, 0.4) is 0 Å². The number of rotatable bonds is 5. The predicted molar refractivity (Wildman–Crippen MR) is 136 cm³/mol. The predicted octanol–water partition coefficient (Wildman–Crippen LogP) is 6.84. The van der Waals surface area contributed by atoms with Crippen molar-refractivity contribution in [3.05, 3.63) is 93.0 Å². The molecule has 0 saturated heterocycles. The summed E-state index contributed by atoms with van der Waals surface area (Å²) in [5.41, 5.74) is 4.49. The third-order valence-corrected chi connectivity index (χ3v) is 6.78. The summed E-state index contributed by atoms with van der Waals surface area (Å²) >= 11 is 8.30. The molecule has 0 saturated carbocycles. The molecule has 0 radical (unpaired) electrons. The molecule has 0 aliphatic rings. The summed E-state index contributed by atoms with van der Waals surface area (Å²) in [4.78, 5) is 27.7. The van der Waals surface area contributed by atoms with Crippen molar-refractivity contribution >= 4 is 49.9 Å². The summed E-state index contributed by atoms with van der Waals surface area (Å²) in [7, 11) is 0. The van der Waals surface area contributed by atoms with Crippen LogP contribution >= 0.6 is 22.9 Å². The van der Waals surface area contributed by atoms with E-state index in [2.05, 4.69) is 34.6 Å². The number of hydrogen-bond acceptors (Lipinski definition) is 4. The number of carbonyl (C=O) groups excluding carboxylic acids is 1. The van der Waals surface area contributed by atoms with Crippen molar-refractivity contribution in [3.8, 4) is 22.3 Å². The van der Waals surface area contributed by atoms with Crippen LogP contribution in [0.25, 0.3) is 43.2 Å². The zero-order valence-corrected chi connectivity index (χ0v) is 19.4. The molecule has 164 valence electrons. The van der Waals surface area contributed by atoms with Crippen molar-refractivity contribution in [3.63, 3.8) is 0 Å². The van der Waals surface area contributed by atoms with Gasteiger partial charge in [-0.2, -0.15) is 0 Å². The quantitative estimate of drug-likeness (QED) is 0.284. The first kappa shape index (κ1) is 21.4. The molecule has 3 aromatic carbocycles. The lowest BCUT2D eigenvalue weighted by atomic mass is 9.99. The van der Waals surface area contributed by atoms with Gasteiger partial charge >= 0.3 is 5.97 Å². The number of benzene rings is 3. The number of fused-ring (bicyclic) bond motifs is 2. The zero-order valence-electron chi connectivity index (χ0n) is 17.9. The highest BCUT2D eigenvalue weighted by atomic mass is 35.5. The van der Waals surface area contributed by atoms with Gasteiger partial charge in [-0.3, -0.25) is 9.59 Å². The number of aromatic nitrogens is 1. The Kier molecular flexibility index (Phi) is 5.75. The molecule has 2 heterocycles. The number of hydrogen-bond donors (Lipinski definition) is 1. The van der Waals surface area contributed by atoms with Crippen LogP contribution in [-0.4, -0.2) is 17.6 Å². The van der Waals surface area contributed by atoms with Gasteiger partial charge in [0, 0.05) is 21.3 Å². The third kappa shape index (κ3) is 4.30. The molecule has 0 aliphatic carbocycles. The molecule has 0 atom stereocenters. The Morgan fingerprint density at radius 3 is 2.64 bits per heavy atom. The van der Waals surface area contributed by atoms with Crippen LogP contribution in [0, 0.1) is 0 Å². The number of aromatic amines is 1. The van der Waals surface area contributed by atoms with Gasteiger partial charge in [-0.15, -0.1) is 11.3 Å². The second-order valence-electron chi connectivity index (χ2n) is 7.79. The molecule has 0 bridgehead atoms. The first-order valence-corrected chi connectivity index (χ1v) is 11.9. The molecular weight excluding hydrogens is 454 g/mol. The molecule has 6 heteroatoms. The van der Waals surface area contributed by atoms with Gasteiger partial charge in [-0.05, 0) is 70.1 Å². The molecule has 1 N–H and O–H groups in total. The summed E-state index contributed by atoms with van der Waals surface area (Å²) in [5, 5.41) is 4.74. The second kappa shape index (κ2) is 8.85. The minimum Gasteiger partial charge on any atom is -0.466 e. The van der Waals surface area contributed by atoms with E-state index < -0.39 is 0 Å². The van der Waals surface area contributed by atoms with Gasteiger partial charge in [0.05, 0.1) is 18.1 Å². The number of H-pyrrole nitrogens is 1. The number of halogens is 1. The van der Waals surface area contributed by atoms with Crippen LogP contribution in [0.15, 0.2) is 76.9 Å². The Morgan fingerprint density at radius 1 is 0.970 bits per heavy atom. The largest absolute Gasteiger partial charge is 0.466 e. The van der Waals surface area contributed by atoms with Crippen LogP contribution in [0.2, 0.25) is 5.02 Å². The van der Waals surface area contributed by atoms with E-state index in [1.807, 2.05) is 36.4 Å². The minimum atomic E-state index is -0.288. The van der Waals surface area contributed by atoms with Crippen molar-refractivity contribution in [1.82, 2.24) is 4.98 Å². The van der Waals surface area contributed by atoms with Gasteiger partial charge in [0.25, 0.3) is 5.56 Å². The van der Waals surface area contributed by atoms with Crippen molar-refractivity contribution in [2.24, 2.45) is 0 Å². The summed E-state index contributed by atoms with van der Waals surface area (Å²) < 4.78 is 6.24. The highest BCUT2D eigenvalue weighted by Gasteiger charge is 2.12. The Bertz CT molecular complexity index is 1570. The van der Waals surface area contributed by atoms with Crippen LogP contribution in [-0.2, 0) is 16.0 Å². The lowest BCUT2D eigenvalue weighted by Gasteiger charge is -2.10. The van der Waals surface area contributed by atoms with Crippen molar-refractivity contribution in [2.75, 3.05) is 6.61 Å². The van der Waals surface area contributed by atoms with E-state index in [1.54, 1.807) is 24.3 Å². The highest BCUT2D eigenvalue weighted by molar-refractivity contribution is 7.17. The fraction of sp³-hybridized carbons (Fsp3) is 0.111. The van der Waals surface area contributed by atoms with Crippen molar-refractivity contribution in [2.45, 2.75) is 13.3 Å². The van der Waals surface area contributed by atoms with E-state index in [-0.39, 0.29) is 17.9 Å². The molecule has 0 amide bonds. The Morgan fingerprint density at radius 2 is 1.79 bits per heavy atom. The standard InChI is InChI=1S/C27H20ClNO3S/c1-2-32-26(30)11-16-4-3-5-18(10-16)22-13-20-12-21(23(28)15-24(20)29-27(22)31)19-7-6-17-8-9-33-25(17)14-19/h3-10,12-15H,2,11H2,1H3,(H,29,31). The number of carbonyl (C=O) groups is 1. The average molecular weight is 474 g/mol. The Hall–Kier alpha value is -3.41. The molecule has 0 spiro atoms. The number of esters is 1. The van der Waals surface area contributed by atoms with Crippen molar-refractivity contribution in [1.29, 1.82) is 0 Å². The SMILES string of the molecule is CCOC(=O)Cc1cccc(-c2cc3cc(-c4ccc5ccsc5c4)c(Cl)cc3[nH]c2=O)c1. The number of ether oxygens (including phenoxy) is 1. The Balaban J connectivity index is 1.58. The molecule has 0 unspecified atom stereocenters. The number of thiophene rings is 1. The molecule has 2 aromatic heterocycles. The molecule has 4 nitrogen and oxygen atoms in total. The maximum atomic E-state index is 12.9. The van der Waals surface area contributed by atoms with Gasteiger partial charge in [0.1, 0.15) is 0 Å². The van der Waals surface area contributed by atoms with Gasteiger partial charge < -0.3 is 9.72 Å². The molecule has 5 aromatic rings. The normalized spacial score (nSPS) is 11.2. The van der Waals surface area contributed by atoms with E-state index in [9.17, 15) is 9.59 Å². The highest BCUT2D eigenvalue weighted by Crippen LogP contribution is 2.35. The van der Waals surface area contributed by atoms with E-state index in [0.717, 1.165) is 27.6 Å². The molecule has 33 heavy (non-hydrogen) atoms. The molecule has 0 aliphatic heterocycles. The topological polar surface area (TPSA) is 59.2 Å². The first-order chi connectivity index (χ1) is 16.0. The van der Waals surface area contributed by atoms with E-state index in [1.165, 1.54) is 10.1 Å². The second-order valence-corrected chi connectivity index (χ2v) is 9.14. The van der Waals surface area contributed by atoms with Gasteiger partial charge in [0.2, 0.25) is 0 Å². The van der Waals surface area contributed by atoms with E-state index in [4.69, 9.17) is 16.3 Å². The average Bonchev–Trinajstić information content (AvgIpc) is 3.26. The monoisotopic (exact) mass is 473 g/mol. The minimum absolute atomic E-state index is 0.165. The molecule has 0 fully saturated rings. The molecule has 5 rings (SSSR count). The lowest BCUT2D eigenvalue weighted by molar-refractivity contribution is -0.142. The summed E-state index contributed by atoms with van der Waals surface area (Å²) in [6.07, 6.45) is 0.165. The van der Waals surface area contributed by atoms with Crippen molar-refractivity contribution < 1.29 is 9.53 Å². The Labute approximate surface area is 199 Å². The summed E-state index contributed by atoms with van der Waals surface area (Å²) in [5.74, 6) is -0.288. The fourth-order valence-electron chi connectivity index (χ4n) is 4.01. The first-order valence-electron chi connectivity index (χ1n) is 10.6. The summed E-state index contributed by atoms with van der Waals surface area (Å²) in [6.45, 7) is 2.12. The maximum Gasteiger partial charge on any atom is 0.310 e. The van der Waals surface area contributed by atoms with Gasteiger partial charge in [-0.25, -0.2) is 0 Å². The number of nitrogens with one attached hydrogen (secondary N) is 1. The molecular formula is C27H20ClNO3S. The third-order valence-electron chi connectivity index (χ3n) is 5.59. The van der Waals surface area contributed by atoms with Gasteiger partial charge in [0.15, 0.2) is 0 Å². The van der Waals surface area contributed by atoms with Crippen LogP contribution in [0.5, 0.6) is 0 Å². The van der Waals surface area contributed by atoms with E-state index >= 15 is 0 Å². The van der Waals surface area contributed by atoms with Gasteiger partial charge in [-0.1, -0.05) is 48.0 Å². The zero-order chi connectivity index (χ0) is 22.9. The van der Waals surface area contributed by atoms with Crippen LogP contribution in [0.4, 0.5) is 0 Å². The van der Waals surface area contributed by atoms with E-state index in [0.29, 0.717) is 22.7 Å².